The van der Waals surface area contributed by atoms with Gasteiger partial charge in [0, 0.05) is 12.4 Å². The van der Waals surface area contributed by atoms with Crippen molar-refractivity contribution in [2.45, 2.75) is 13.5 Å². The molecule has 0 radical (unpaired) electrons. The van der Waals surface area contributed by atoms with Gasteiger partial charge in [-0.3, -0.25) is 14.8 Å². The minimum Gasteiger partial charge on any atom is -0.346 e. The summed E-state index contributed by atoms with van der Waals surface area (Å²) in [5.74, 6) is -0.183. The SMILES string of the molecule is Cc1c(C(=O)NCc2nccnc2-c2cccs2)cnn1-c1ccccc1. The van der Waals surface area contributed by atoms with Crippen LogP contribution in [0, 0.1) is 6.92 Å². The summed E-state index contributed by atoms with van der Waals surface area (Å²) < 4.78 is 1.76. The minimum atomic E-state index is -0.183. The molecule has 7 heteroatoms. The number of carbonyl (C=O) groups excluding carboxylic acids is 1. The van der Waals surface area contributed by atoms with Crippen molar-refractivity contribution in [2.75, 3.05) is 0 Å². The summed E-state index contributed by atoms with van der Waals surface area (Å²) in [5.41, 5.74) is 3.78. The molecule has 1 amide bonds. The Bertz CT molecular complexity index is 1060. The molecule has 0 bridgehead atoms. The fourth-order valence-electron chi connectivity index (χ4n) is 2.84. The molecule has 134 valence electrons. The Hall–Kier alpha value is -3.32. The van der Waals surface area contributed by atoms with Crippen LogP contribution in [0.25, 0.3) is 16.3 Å². The molecule has 0 unspecified atom stereocenters. The van der Waals surface area contributed by atoms with Crippen LogP contribution < -0.4 is 5.32 Å². The zero-order valence-electron chi connectivity index (χ0n) is 14.7. The predicted octanol–water partition coefficient (Wildman–Crippen LogP) is 3.63. The van der Waals surface area contributed by atoms with E-state index in [0.29, 0.717) is 12.1 Å². The van der Waals surface area contributed by atoms with Crippen molar-refractivity contribution in [1.82, 2.24) is 25.1 Å². The van der Waals surface area contributed by atoms with Gasteiger partial charge in [-0.15, -0.1) is 11.3 Å². The lowest BCUT2D eigenvalue weighted by Gasteiger charge is -2.08. The van der Waals surface area contributed by atoms with Gasteiger partial charge < -0.3 is 5.32 Å². The maximum absolute atomic E-state index is 12.7. The first-order valence-electron chi connectivity index (χ1n) is 8.46. The average molecular weight is 375 g/mol. The smallest absolute Gasteiger partial charge is 0.255 e. The molecule has 3 aromatic heterocycles. The second kappa shape index (κ2) is 7.51. The number of hydrogen-bond donors (Lipinski definition) is 1. The van der Waals surface area contributed by atoms with Gasteiger partial charge in [0.2, 0.25) is 0 Å². The molecule has 4 rings (SSSR count). The van der Waals surface area contributed by atoms with Crippen molar-refractivity contribution in [2.24, 2.45) is 0 Å². The Kier molecular flexibility index (Phi) is 4.76. The summed E-state index contributed by atoms with van der Waals surface area (Å²) >= 11 is 1.60. The van der Waals surface area contributed by atoms with Gasteiger partial charge in [-0.05, 0) is 30.5 Å². The Morgan fingerprint density at radius 2 is 1.93 bits per heavy atom. The highest BCUT2D eigenvalue weighted by Gasteiger charge is 2.16. The maximum Gasteiger partial charge on any atom is 0.255 e. The van der Waals surface area contributed by atoms with Gasteiger partial charge in [0.15, 0.2) is 0 Å². The van der Waals surface area contributed by atoms with Gasteiger partial charge in [0.1, 0.15) is 5.69 Å². The summed E-state index contributed by atoms with van der Waals surface area (Å²) in [7, 11) is 0. The zero-order chi connectivity index (χ0) is 18.6. The average Bonchev–Trinajstić information content (AvgIpc) is 3.37. The normalized spacial score (nSPS) is 10.7. The molecule has 1 N–H and O–H groups in total. The van der Waals surface area contributed by atoms with E-state index in [0.717, 1.165) is 27.6 Å². The van der Waals surface area contributed by atoms with Crippen LogP contribution in [-0.2, 0) is 6.54 Å². The third-order valence-corrected chi connectivity index (χ3v) is 5.08. The van der Waals surface area contributed by atoms with Crippen LogP contribution >= 0.6 is 11.3 Å². The molecule has 0 aliphatic carbocycles. The van der Waals surface area contributed by atoms with Crippen LogP contribution in [-0.4, -0.2) is 25.7 Å². The number of nitrogens with zero attached hydrogens (tertiary/aromatic N) is 4. The van der Waals surface area contributed by atoms with Crippen LogP contribution in [0.1, 0.15) is 21.7 Å². The van der Waals surface area contributed by atoms with Crippen molar-refractivity contribution in [3.05, 3.63) is 83.4 Å². The molecule has 0 aliphatic heterocycles. The molecule has 0 spiro atoms. The number of benzene rings is 1. The van der Waals surface area contributed by atoms with Crippen molar-refractivity contribution in [1.29, 1.82) is 0 Å². The van der Waals surface area contributed by atoms with E-state index in [2.05, 4.69) is 20.4 Å². The lowest BCUT2D eigenvalue weighted by molar-refractivity contribution is 0.0950. The van der Waals surface area contributed by atoms with Crippen molar-refractivity contribution >= 4 is 17.2 Å². The van der Waals surface area contributed by atoms with Gasteiger partial charge in [-0.25, -0.2) is 4.68 Å². The van der Waals surface area contributed by atoms with Gasteiger partial charge in [0.25, 0.3) is 5.91 Å². The van der Waals surface area contributed by atoms with Crippen LogP contribution in [0.5, 0.6) is 0 Å². The second-order valence-electron chi connectivity index (χ2n) is 5.90. The molecule has 0 saturated heterocycles. The van der Waals surface area contributed by atoms with Crippen LogP contribution in [0.15, 0.2) is 66.4 Å². The highest BCUT2D eigenvalue weighted by molar-refractivity contribution is 7.13. The van der Waals surface area contributed by atoms with Crippen LogP contribution in [0.4, 0.5) is 0 Å². The van der Waals surface area contributed by atoms with E-state index < -0.39 is 0 Å². The second-order valence-corrected chi connectivity index (χ2v) is 6.85. The Morgan fingerprint density at radius 3 is 2.70 bits per heavy atom. The molecule has 3 heterocycles. The monoisotopic (exact) mass is 375 g/mol. The first-order chi connectivity index (χ1) is 13.2. The first-order valence-corrected chi connectivity index (χ1v) is 9.34. The van der Waals surface area contributed by atoms with Gasteiger partial charge in [0.05, 0.1) is 40.3 Å². The molecule has 27 heavy (non-hydrogen) atoms. The quantitative estimate of drug-likeness (QED) is 0.578. The van der Waals surface area contributed by atoms with E-state index in [9.17, 15) is 4.79 Å². The largest absolute Gasteiger partial charge is 0.346 e. The van der Waals surface area contributed by atoms with Crippen molar-refractivity contribution in [3.63, 3.8) is 0 Å². The minimum absolute atomic E-state index is 0.183. The van der Waals surface area contributed by atoms with Gasteiger partial charge in [-0.2, -0.15) is 5.10 Å². The number of carbonyl (C=O) groups is 1. The first kappa shape index (κ1) is 17.1. The fourth-order valence-corrected chi connectivity index (χ4v) is 3.58. The predicted molar refractivity (Wildman–Crippen MR) is 105 cm³/mol. The Labute approximate surface area is 160 Å². The van der Waals surface area contributed by atoms with E-state index >= 15 is 0 Å². The molecule has 0 aliphatic rings. The lowest BCUT2D eigenvalue weighted by atomic mass is 10.2. The van der Waals surface area contributed by atoms with E-state index in [1.165, 1.54) is 0 Å². The number of nitrogens with one attached hydrogen (secondary N) is 1. The molecule has 0 atom stereocenters. The van der Waals surface area contributed by atoms with E-state index in [-0.39, 0.29) is 5.91 Å². The lowest BCUT2D eigenvalue weighted by Crippen LogP contribution is -2.24. The molecule has 1 aromatic carbocycles. The van der Waals surface area contributed by atoms with Gasteiger partial charge >= 0.3 is 0 Å². The third-order valence-electron chi connectivity index (χ3n) is 4.20. The van der Waals surface area contributed by atoms with Crippen molar-refractivity contribution < 1.29 is 4.79 Å². The standard InChI is InChI=1S/C20H17N5OS/c1-14-16(12-24-25(14)15-6-3-2-4-7-15)20(26)23-13-17-19(22-10-9-21-17)18-8-5-11-27-18/h2-12H,13H2,1H3,(H,23,26). The Balaban J connectivity index is 1.53. The molecular formula is C20H17N5OS. The topological polar surface area (TPSA) is 72.7 Å². The fraction of sp³-hybridized carbons (Fsp3) is 0.100. The van der Waals surface area contributed by atoms with E-state index in [1.54, 1.807) is 34.6 Å². The van der Waals surface area contributed by atoms with Crippen LogP contribution in [0.3, 0.4) is 0 Å². The number of hydrogen-bond acceptors (Lipinski definition) is 5. The molecular weight excluding hydrogens is 358 g/mol. The van der Waals surface area contributed by atoms with Crippen molar-refractivity contribution in [3.8, 4) is 16.3 Å². The van der Waals surface area contributed by atoms with Crippen LogP contribution in [0.2, 0.25) is 0 Å². The maximum atomic E-state index is 12.7. The zero-order valence-corrected chi connectivity index (χ0v) is 15.5. The molecule has 4 aromatic rings. The summed E-state index contributed by atoms with van der Waals surface area (Å²) in [5, 5.41) is 9.28. The summed E-state index contributed by atoms with van der Waals surface area (Å²) in [6.07, 6.45) is 4.89. The third kappa shape index (κ3) is 3.50. The number of amides is 1. The highest BCUT2D eigenvalue weighted by Crippen LogP contribution is 2.24. The molecule has 6 nitrogen and oxygen atoms in total. The Morgan fingerprint density at radius 1 is 1.11 bits per heavy atom. The number of thiophene rings is 1. The van der Waals surface area contributed by atoms with E-state index in [4.69, 9.17) is 0 Å². The number of para-hydroxylation sites is 1. The molecule has 0 fully saturated rings. The van der Waals surface area contributed by atoms with Gasteiger partial charge in [-0.1, -0.05) is 24.3 Å². The summed E-state index contributed by atoms with van der Waals surface area (Å²) in [6.45, 7) is 2.18. The number of aromatic nitrogens is 4. The molecule has 0 saturated carbocycles. The number of rotatable bonds is 5. The highest BCUT2D eigenvalue weighted by atomic mass is 32.1. The summed E-state index contributed by atoms with van der Waals surface area (Å²) in [4.78, 5) is 22.5. The van der Waals surface area contributed by atoms with E-state index in [1.807, 2.05) is 54.8 Å². The summed E-state index contributed by atoms with van der Waals surface area (Å²) in [6, 6.07) is 13.7.